The van der Waals surface area contributed by atoms with E-state index in [2.05, 4.69) is 76.8 Å². The Kier molecular flexibility index (Phi) is 9.05. The number of benzene rings is 4. The van der Waals surface area contributed by atoms with Crippen LogP contribution in [0.1, 0.15) is 71.1 Å². The first kappa shape index (κ1) is 32.9. The van der Waals surface area contributed by atoms with Crippen LogP contribution in [0.25, 0.3) is 89.7 Å². The van der Waals surface area contributed by atoms with Crippen LogP contribution >= 0.6 is 0 Å². The van der Waals surface area contributed by atoms with E-state index in [4.69, 9.17) is 29.9 Å². The van der Waals surface area contributed by atoms with Crippen molar-refractivity contribution in [2.45, 2.75) is 71.1 Å². The van der Waals surface area contributed by atoms with Gasteiger partial charge in [0.05, 0.1) is 5.39 Å². The molecule has 8 bridgehead atoms. The van der Waals surface area contributed by atoms with Crippen molar-refractivity contribution in [3.8, 4) is 45.6 Å². The predicted molar refractivity (Wildman–Crippen MR) is 216 cm³/mol. The highest BCUT2D eigenvalue weighted by molar-refractivity contribution is 6.11. The zero-order valence-electron chi connectivity index (χ0n) is 30.1. The summed E-state index contributed by atoms with van der Waals surface area (Å²) < 4.78 is 0. The molecule has 7 aromatic rings. The van der Waals surface area contributed by atoms with Gasteiger partial charge in [-0.25, -0.2) is 29.9 Å². The van der Waals surface area contributed by atoms with Crippen LogP contribution < -0.4 is 5.32 Å². The Balaban J connectivity index is 1.17. The summed E-state index contributed by atoms with van der Waals surface area (Å²) in [5.74, 6) is 2.41. The number of aromatic nitrogens is 8. The van der Waals surface area contributed by atoms with Gasteiger partial charge in [0, 0.05) is 50.6 Å². The van der Waals surface area contributed by atoms with Crippen LogP contribution in [0, 0.1) is 0 Å². The molecular weight excluding hydrogens is 655 g/mol. The van der Waals surface area contributed by atoms with E-state index in [1.54, 1.807) is 0 Å². The Morgan fingerprint density at radius 3 is 1.36 bits per heavy atom. The maximum Gasteiger partial charge on any atom is 0.164 e. The summed E-state index contributed by atoms with van der Waals surface area (Å²) in [6.07, 6.45) is 13.1. The van der Waals surface area contributed by atoms with Crippen LogP contribution in [0.3, 0.4) is 0 Å². The number of anilines is 1. The van der Waals surface area contributed by atoms with Crippen LogP contribution in [0.5, 0.6) is 0 Å². The van der Waals surface area contributed by atoms with Gasteiger partial charge in [0.1, 0.15) is 22.6 Å². The number of aromatic amines is 2. The molecule has 0 saturated heterocycles. The maximum atomic E-state index is 5.24. The van der Waals surface area contributed by atoms with Crippen molar-refractivity contribution < 1.29 is 0 Å². The third-order valence-corrected chi connectivity index (χ3v) is 10.4. The summed E-state index contributed by atoms with van der Waals surface area (Å²) in [6, 6.07) is 30.8. The lowest BCUT2D eigenvalue weighted by Gasteiger charge is -2.08. The second-order valence-electron chi connectivity index (χ2n) is 14.1. The number of hydrogen-bond acceptors (Lipinski definition) is 7. The molecule has 264 valence electrons. The molecule has 0 aliphatic carbocycles. The molecule has 5 heterocycles. The van der Waals surface area contributed by atoms with Crippen molar-refractivity contribution in [2.24, 2.45) is 0 Å². The standard InChI is InChI=1S/C44H43N9/c1-2-3-4-5-6-7-8-9-10-17-27-45-35-26-18-25-34-36(35)44-52-42-33-24-16-15-23-32(33)40(50-42)48-38-29-20-12-11-19-28(29)37(46-38)47-39-30-21-13-14-22-31(30)41(49-39)51-43(34)53-44/h11-16,18-26,45H,2-10,17,27H2,1H3,(H2,46,47,48,49,50,51,52,53). The van der Waals surface area contributed by atoms with E-state index < -0.39 is 0 Å². The second kappa shape index (κ2) is 14.6. The van der Waals surface area contributed by atoms with Gasteiger partial charge < -0.3 is 15.3 Å². The first-order valence-electron chi connectivity index (χ1n) is 19.2. The van der Waals surface area contributed by atoms with Crippen molar-refractivity contribution in [1.29, 1.82) is 0 Å². The largest absolute Gasteiger partial charge is 0.384 e. The molecule has 9 heteroatoms. The minimum absolute atomic E-state index is 0.601. The molecule has 53 heavy (non-hydrogen) atoms. The monoisotopic (exact) mass is 697 g/mol. The third kappa shape index (κ3) is 6.41. The lowest BCUT2D eigenvalue weighted by atomic mass is 10.1. The van der Waals surface area contributed by atoms with E-state index in [0.717, 1.165) is 62.5 Å². The van der Waals surface area contributed by atoms with Crippen LogP contribution in [0.2, 0.25) is 0 Å². The van der Waals surface area contributed by atoms with Crippen molar-refractivity contribution in [3.05, 3.63) is 91.0 Å². The Hall–Kier alpha value is -5.96. The molecule has 0 spiro atoms. The summed E-state index contributed by atoms with van der Waals surface area (Å²) in [7, 11) is 0. The molecule has 3 aromatic heterocycles. The van der Waals surface area contributed by atoms with Crippen molar-refractivity contribution in [3.63, 3.8) is 0 Å². The summed E-state index contributed by atoms with van der Waals surface area (Å²) in [5, 5.41) is 7.61. The van der Waals surface area contributed by atoms with Crippen LogP contribution in [-0.4, -0.2) is 46.4 Å². The van der Waals surface area contributed by atoms with E-state index in [0.29, 0.717) is 45.9 Å². The summed E-state index contributed by atoms with van der Waals surface area (Å²) in [6.45, 7) is 3.17. The van der Waals surface area contributed by atoms with Crippen molar-refractivity contribution >= 4 is 49.8 Å². The average Bonchev–Trinajstić information content (AvgIpc) is 3.93. The molecule has 0 radical (unpaired) electrons. The predicted octanol–water partition coefficient (Wildman–Crippen LogP) is 11.2. The van der Waals surface area contributed by atoms with Gasteiger partial charge in [-0.15, -0.1) is 0 Å². The Morgan fingerprint density at radius 1 is 0.415 bits per heavy atom. The fourth-order valence-electron chi connectivity index (χ4n) is 7.67. The Labute approximate surface area is 308 Å². The molecule has 0 amide bonds. The minimum atomic E-state index is 0.601. The summed E-state index contributed by atoms with van der Waals surface area (Å²) in [5.41, 5.74) is 7.51. The Morgan fingerprint density at radius 2 is 0.830 bits per heavy atom. The SMILES string of the molecule is CCCCCCCCCCCCNc1cccc2c3nc4nc(nc5[nH]c(nc6nc(nc([nH]3)c12)-c1ccccc1-6)c1ccccc51)-c1ccccc1-4. The van der Waals surface area contributed by atoms with Crippen LogP contribution in [0.15, 0.2) is 91.0 Å². The van der Waals surface area contributed by atoms with Gasteiger partial charge in [-0.2, -0.15) is 0 Å². The number of unbranched alkanes of at least 4 members (excludes halogenated alkanes) is 9. The number of nitrogens with zero attached hydrogens (tertiary/aromatic N) is 6. The highest BCUT2D eigenvalue weighted by Crippen LogP contribution is 2.37. The molecule has 4 aromatic carbocycles. The number of H-pyrrole nitrogens is 2. The first-order valence-corrected chi connectivity index (χ1v) is 19.2. The van der Waals surface area contributed by atoms with Crippen LogP contribution in [0.4, 0.5) is 5.69 Å². The van der Waals surface area contributed by atoms with E-state index >= 15 is 0 Å². The number of fused-ring (bicyclic) bond motifs is 20. The molecular formula is C44H43N9. The van der Waals surface area contributed by atoms with Gasteiger partial charge in [-0.05, 0) is 12.5 Å². The summed E-state index contributed by atoms with van der Waals surface area (Å²) in [4.78, 5) is 37.8. The third-order valence-electron chi connectivity index (χ3n) is 10.4. The minimum Gasteiger partial charge on any atom is -0.384 e. The van der Waals surface area contributed by atoms with Gasteiger partial charge in [-0.3, -0.25) is 0 Å². The smallest absolute Gasteiger partial charge is 0.164 e. The van der Waals surface area contributed by atoms with Gasteiger partial charge in [0.15, 0.2) is 23.3 Å². The van der Waals surface area contributed by atoms with Crippen LogP contribution in [-0.2, 0) is 0 Å². The molecule has 0 atom stereocenters. The molecule has 9 nitrogen and oxygen atoms in total. The molecule has 0 unspecified atom stereocenters. The van der Waals surface area contributed by atoms with E-state index in [-0.39, 0.29) is 0 Å². The second-order valence-corrected chi connectivity index (χ2v) is 14.1. The molecule has 2 aliphatic heterocycles. The van der Waals surface area contributed by atoms with E-state index in [1.165, 1.54) is 57.8 Å². The van der Waals surface area contributed by atoms with Gasteiger partial charge in [-0.1, -0.05) is 150 Å². The van der Waals surface area contributed by atoms with E-state index in [9.17, 15) is 0 Å². The number of rotatable bonds is 12. The number of nitrogens with one attached hydrogen (secondary N) is 3. The highest BCUT2D eigenvalue weighted by atomic mass is 15.1. The lowest BCUT2D eigenvalue weighted by molar-refractivity contribution is 0.560. The fourth-order valence-corrected chi connectivity index (χ4v) is 7.67. The zero-order valence-corrected chi connectivity index (χ0v) is 30.1. The van der Waals surface area contributed by atoms with Gasteiger partial charge >= 0.3 is 0 Å². The van der Waals surface area contributed by atoms with Gasteiger partial charge in [0.25, 0.3) is 0 Å². The number of hydrogen-bond donors (Lipinski definition) is 3. The fraction of sp³-hybridized carbons (Fsp3) is 0.273. The molecule has 9 rings (SSSR count). The maximum absolute atomic E-state index is 5.24. The molecule has 0 fully saturated rings. The first-order chi connectivity index (χ1) is 26.2. The molecule has 3 N–H and O–H groups in total. The quantitative estimate of drug-likeness (QED) is 0.109. The molecule has 2 aliphatic rings. The highest BCUT2D eigenvalue weighted by Gasteiger charge is 2.22. The average molecular weight is 698 g/mol. The topological polar surface area (TPSA) is 121 Å². The van der Waals surface area contributed by atoms with E-state index in [1.807, 2.05) is 36.4 Å². The Bertz CT molecular complexity index is 2610. The molecule has 0 saturated carbocycles. The normalized spacial score (nSPS) is 11.9. The van der Waals surface area contributed by atoms with Crippen molar-refractivity contribution in [2.75, 3.05) is 11.9 Å². The zero-order chi connectivity index (χ0) is 35.6. The van der Waals surface area contributed by atoms with Gasteiger partial charge in [0.2, 0.25) is 0 Å². The van der Waals surface area contributed by atoms with Crippen molar-refractivity contribution in [1.82, 2.24) is 39.9 Å². The lowest BCUT2D eigenvalue weighted by Crippen LogP contribution is -2.01. The summed E-state index contributed by atoms with van der Waals surface area (Å²) >= 11 is 0.